The van der Waals surface area contributed by atoms with Gasteiger partial charge in [-0.15, -0.1) is 0 Å². The summed E-state index contributed by atoms with van der Waals surface area (Å²) in [5.41, 5.74) is 0.569. The van der Waals surface area contributed by atoms with Gasteiger partial charge in [-0.05, 0) is 90.3 Å². The maximum atomic E-state index is 11.6. The minimum atomic E-state index is -0.471. The Balaban J connectivity index is 2.42. The van der Waals surface area contributed by atoms with Gasteiger partial charge in [0, 0.05) is 33.4 Å². The second kappa shape index (κ2) is 10.5. The maximum Gasteiger partial charge on any atom is 0.407 e. The number of amides is 1. The molecule has 0 aliphatic carbocycles. The van der Waals surface area contributed by atoms with Crippen LogP contribution >= 0.6 is 38.5 Å². The highest BCUT2D eigenvalue weighted by Gasteiger charge is 2.16. The van der Waals surface area contributed by atoms with Crippen LogP contribution in [0, 0.1) is 3.57 Å². The molecule has 1 atom stereocenters. The normalized spacial score (nSPS) is 12.6. The molecule has 7 heteroatoms. The Labute approximate surface area is 166 Å². The van der Waals surface area contributed by atoms with Crippen LogP contribution in [0.2, 0.25) is 0 Å². The van der Waals surface area contributed by atoms with Crippen LogP contribution in [0.25, 0.3) is 0 Å². The van der Waals surface area contributed by atoms with Gasteiger partial charge in [-0.1, -0.05) is 0 Å². The third kappa shape index (κ3) is 9.08. The summed E-state index contributed by atoms with van der Waals surface area (Å²) in [6.45, 7) is 6.73. The lowest BCUT2D eigenvalue weighted by atomic mass is 10.1. The van der Waals surface area contributed by atoms with Gasteiger partial charge in [0.1, 0.15) is 5.60 Å². The van der Waals surface area contributed by atoms with E-state index in [0.717, 1.165) is 23.0 Å². The molecule has 0 spiro atoms. The van der Waals surface area contributed by atoms with E-state index in [4.69, 9.17) is 9.47 Å². The molecular weight excluding hydrogens is 487 g/mol. The lowest BCUT2D eigenvalue weighted by Crippen LogP contribution is -2.34. The summed E-state index contributed by atoms with van der Waals surface area (Å²) in [5, 5.41) is 6.26. The molecule has 0 bridgehead atoms. The highest BCUT2D eigenvalue weighted by atomic mass is 127. The monoisotopic (exact) mass is 512 g/mol. The molecule has 0 radical (unpaired) electrons. The fourth-order valence-electron chi connectivity index (χ4n) is 2.08. The molecule has 0 saturated carbocycles. The Bertz CT molecular complexity index is 535. The van der Waals surface area contributed by atoms with Crippen LogP contribution in [0.3, 0.4) is 0 Å². The topological polar surface area (TPSA) is 59.6 Å². The zero-order valence-electron chi connectivity index (χ0n) is 14.6. The van der Waals surface area contributed by atoms with Gasteiger partial charge < -0.3 is 20.1 Å². The van der Waals surface area contributed by atoms with Crippen LogP contribution in [-0.4, -0.2) is 38.0 Å². The van der Waals surface area contributed by atoms with Gasteiger partial charge in [0.2, 0.25) is 0 Å². The number of ether oxygens (including phenoxy) is 2. The van der Waals surface area contributed by atoms with E-state index in [1.54, 1.807) is 7.11 Å². The predicted octanol–water partition coefficient (Wildman–Crippen LogP) is 4.79. The van der Waals surface area contributed by atoms with Gasteiger partial charge in [0.05, 0.1) is 6.61 Å². The zero-order chi connectivity index (χ0) is 18.2. The Morgan fingerprint density at radius 2 is 2.08 bits per heavy atom. The first kappa shape index (κ1) is 21.5. The largest absolute Gasteiger partial charge is 0.444 e. The molecule has 1 amide bonds. The van der Waals surface area contributed by atoms with Crippen LogP contribution in [0.15, 0.2) is 22.7 Å². The van der Waals surface area contributed by atoms with Crippen molar-refractivity contribution in [2.75, 3.05) is 25.6 Å². The summed E-state index contributed by atoms with van der Waals surface area (Å²) in [6, 6.07) is 6.35. The van der Waals surface area contributed by atoms with Crippen molar-refractivity contribution in [2.45, 2.75) is 45.3 Å². The van der Waals surface area contributed by atoms with Crippen LogP contribution in [0.5, 0.6) is 0 Å². The molecule has 0 aliphatic rings. The van der Waals surface area contributed by atoms with Gasteiger partial charge >= 0.3 is 6.09 Å². The summed E-state index contributed by atoms with van der Waals surface area (Å²) >= 11 is 5.85. The second-order valence-corrected chi connectivity index (χ2v) is 8.59. The molecule has 1 unspecified atom stereocenters. The van der Waals surface area contributed by atoms with Gasteiger partial charge in [-0.2, -0.15) is 0 Å². The SMILES string of the molecule is COCC(CCCNC(=O)OC(C)(C)C)Nc1ccc(I)cc1Br. The van der Waals surface area contributed by atoms with Crippen molar-refractivity contribution < 1.29 is 14.3 Å². The van der Waals surface area contributed by atoms with Gasteiger partial charge in [0.25, 0.3) is 0 Å². The number of alkyl carbamates (subject to hydrolysis) is 1. The van der Waals surface area contributed by atoms with E-state index in [0.29, 0.717) is 13.2 Å². The van der Waals surface area contributed by atoms with Crippen molar-refractivity contribution >= 4 is 50.3 Å². The standard InChI is InChI=1S/C17H26BrIN2O3/c1-17(2,3)24-16(22)20-9-5-6-13(11-23-4)21-15-8-7-12(19)10-14(15)18/h7-8,10,13,21H,5-6,9,11H2,1-4H3,(H,20,22). The summed E-state index contributed by atoms with van der Waals surface area (Å²) in [6.07, 6.45) is 1.34. The third-order valence-electron chi connectivity index (χ3n) is 3.06. The minimum absolute atomic E-state index is 0.173. The first-order valence-corrected chi connectivity index (χ1v) is 9.76. The smallest absolute Gasteiger partial charge is 0.407 e. The lowest BCUT2D eigenvalue weighted by molar-refractivity contribution is 0.0526. The Kier molecular flexibility index (Phi) is 9.36. The van der Waals surface area contributed by atoms with E-state index >= 15 is 0 Å². The summed E-state index contributed by atoms with van der Waals surface area (Å²) in [7, 11) is 1.69. The molecule has 0 fully saturated rings. The second-order valence-electron chi connectivity index (χ2n) is 6.49. The number of anilines is 1. The molecule has 5 nitrogen and oxygen atoms in total. The highest BCUT2D eigenvalue weighted by Crippen LogP contribution is 2.25. The predicted molar refractivity (Wildman–Crippen MR) is 110 cm³/mol. The quantitative estimate of drug-likeness (QED) is 0.388. The first-order valence-electron chi connectivity index (χ1n) is 7.88. The average Bonchev–Trinajstić information content (AvgIpc) is 2.44. The number of nitrogens with one attached hydrogen (secondary N) is 2. The number of carbonyl (C=O) groups is 1. The van der Waals surface area contributed by atoms with Crippen molar-refractivity contribution in [3.8, 4) is 0 Å². The Hall–Kier alpha value is -0.540. The van der Waals surface area contributed by atoms with E-state index in [1.807, 2.05) is 26.8 Å². The van der Waals surface area contributed by atoms with Gasteiger partial charge in [0.15, 0.2) is 0 Å². The Morgan fingerprint density at radius 1 is 1.38 bits per heavy atom. The number of rotatable bonds is 8. The number of methoxy groups -OCH3 is 1. The number of carbonyl (C=O) groups excluding carboxylic acids is 1. The van der Waals surface area contributed by atoms with Crippen LogP contribution in [0.1, 0.15) is 33.6 Å². The molecule has 0 saturated heterocycles. The Morgan fingerprint density at radius 3 is 2.67 bits per heavy atom. The molecule has 24 heavy (non-hydrogen) atoms. The van der Waals surface area contributed by atoms with Crippen LogP contribution in [0.4, 0.5) is 10.5 Å². The number of hydrogen-bond donors (Lipinski definition) is 2. The molecular formula is C17H26BrIN2O3. The van der Waals surface area contributed by atoms with Crippen molar-refractivity contribution in [1.82, 2.24) is 5.32 Å². The van der Waals surface area contributed by atoms with E-state index in [9.17, 15) is 4.79 Å². The molecule has 0 aliphatic heterocycles. The highest BCUT2D eigenvalue weighted by molar-refractivity contribution is 14.1. The number of halogens is 2. The fraction of sp³-hybridized carbons (Fsp3) is 0.588. The molecule has 0 aromatic heterocycles. The maximum absolute atomic E-state index is 11.6. The van der Waals surface area contributed by atoms with E-state index in [-0.39, 0.29) is 12.1 Å². The van der Waals surface area contributed by atoms with E-state index in [1.165, 1.54) is 3.57 Å². The van der Waals surface area contributed by atoms with Crippen LogP contribution in [-0.2, 0) is 9.47 Å². The van der Waals surface area contributed by atoms with Gasteiger partial charge in [-0.3, -0.25) is 0 Å². The molecule has 136 valence electrons. The van der Waals surface area contributed by atoms with Crippen molar-refractivity contribution in [3.63, 3.8) is 0 Å². The average molecular weight is 513 g/mol. The van der Waals surface area contributed by atoms with Crippen molar-refractivity contribution in [1.29, 1.82) is 0 Å². The number of benzene rings is 1. The van der Waals surface area contributed by atoms with E-state index < -0.39 is 5.60 Å². The first-order chi connectivity index (χ1) is 11.2. The number of hydrogen-bond acceptors (Lipinski definition) is 4. The van der Waals surface area contributed by atoms with Crippen LogP contribution < -0.4 is 10.6 Å². The molecule has 1 rings (SSSR count). The minimum Gasteiger partial charge on any atom is -0.444 e. The van der Waals surface area contributed by atoms with Crippen molar-refractivity contribution in [3.05, 3.63) is 26.2 Å². The molecule has 2 N–H and O–H groups in total. The molecule has 1 aromatic carbocycles. The summed E-state index contributed by atoms with van der Waals surface area (Å²) < 4.78 is 12.7. The van der Waals surface area contributed by atoms with Gasteiger partial charge in [-0.25, -0.2) is 4.79 Å². The van der Waals surface area contributed by atoms with E-state index in [2.05, 4.69) is 61.3 Å². The zero-order valence-corrected chi connectivity index (χ0v) is 18.4. The molecule has 0 heterocycles. The lowest BCUT2D eigenvalue weighted by Gasteiger charge is -2.21. The summed E-state index contributed by atoms with van der Waals surface area (Å²) in [4.78, 5) is 11.6. The third-order valence-corrected chi connectivity index (χ3v) is 4.38. The summed E-state index contributed by atoms with van der Waals surface area (Å²) in [5.74, 6) is 0. The van der Waals surface area contributed by atoms with Crippen molar-refractivity contribution in [2.24, 2.45) is 0 Å². The molecule has 1 aromatic rings. The fourth-order valence-corrected chi connectivity index (χ4v) is 3.49.